The van der Waals surface area contributed by atoms with Gasteiger partial charge in [0.2, 0.25) is 0 Å². The maximum atomic E-state index is 4.49. The summed E-state index contributed by atoms with van der Waals surface area (Å²) < 4.78 is 1.98. The van der Waals surface area contributed by atoms with Crippen LogP contribution in [0.25, 0.3) is 16.9 Å². The normalized spacial score (nSPS) is 19.0. The van der Waals surface area contributed by atoms with E-state index in [1.807, 2.05) is 83.5 Å². The fourth-order valence-electron chi connectivity index (χ4n) is 2.53. The van der Waals surface area contributed by atoms with Gasteiger partial charge in [0.25, 0.3) is 0 Å². The molecule has 1 aliphatic carbocycles. The van der Waals surface area contributed by atoms with Crippen molar-refractivity contribution in [2.45, 2.75) is 0 Å². The number of fused-ring (bicyclic) bond motifs is 1. The minimum atomic E-state index is 0.786. The summed E-state index contributed by atoms with van der Waals surface area (Å²) in [7, 11) is 0. The molecule has 0 amide bonds. The molecule has 2 aromatic heterocycles. The van der Waals surface area contributed by atoms with Crippen molar-refractivity contribution in [1.82, 2.24) is 14.4 Å². The van der Waals surface area contributed by atoms with Crippen LogP contribution in [-0.2, 0) is 0 Å². The van der Waals surface area contributed by atoms with Gasteiger partial charge in [-0.1, -0.05) is 66.6 Å². The highest BCUT2D eigenvalue weighted by molar-refractivity contribution is 5.60. The summed E-state index contributed by atoms with van der Waals surface area (Å²) in [6, 6.07) is 10.1. The van der Waals surface area contributed by atoms with Crippen molar-refractivity contribution in [3.63, 3.8) is 0 Å². The Morgan fingerprint density at radius 2 is 1.64 bits per heavy atom. The molecule has 0 atom stereocenters. The predicted molar refractivity (Wildman–Crippen MR) is 101 cm³/mol. The van der Waals surface area contributed by atoms with Crippen LogP contribution in [0.4, 0.5) is 0 Å². The lowest BCUT2D eigenvalue weighted by Crippen LogP contribution is -1.93. The van der Waals surface area contributed by atoms with Crippen molar-refractivity contribution in [2.24, 2.45) is 0 Å². The fourth-order valence-corrected chi connectivity index (χ4v) is 2.53. The molecule has 0 aliphatic heterocycles. The van der Waals surface area contributed by atoms with E-state index in [0.29, 0.717) is 0 Å². The molecule has 0 bridgehead atoms. The van der Waals surface area contributed by atoms with Crippen molar-refractivity contribution in [3.8, 4) is 23.1 Å². The number of hydrogen-bond donors (Lipinski definition) is 0. The van der Waals surface area contributed by atoms with Crippen LogP contribution in [0, 0.1) is 11.8 Å². The Balaban J connectivity index is 1.73. The Morgan fingerprint density at radius 1 is 0.800 bits per heavy atom. The van der Waals surface area contributed by atoms with Gasteiger partial charge in [0, 0.05) is 17.3 Å². The number of imidazole rings is 1. The van der Waals surface area contributed by atoms with Crippen molar-refractivity contribution < 1.29 is 0 Å². The monoisotopic (exact) mass is 321 g/mol. The second-order valence-electron chi connectivity index (χ2n) is 5.51. The van der Waals surface area contributed by atoms with Gasteiger partial charge in [0.05, 0.1) is 18.1 Å². The molecular weight excluding hydrogens is 306 g/mol. The molecular formula is C22H15N3. The SMILES string of the molecule is C(#Cc1cnc2cnc(-c3ccccc3)cn12)C1=C/C=C\C=C/C=C\1. The Hall–Kier alpha value is -3.64. The van der Waals surface area contributed by atoms with Gasteiger partial charge < -0.3 is 0 Å². The number of allylic oxidation sites excluding steroid dienone is 8. The topological polar surface area (TPSA) is 30.2 Å². The Bertz CT molecular complexity index is 1080. The Morgan fingerprint density at radius 3 is 2.56 bits per heavy atom. The lowest BCUT2D eigenvalue weighted by molar-refractivity contribution is 1.12. The van der Waals surface area contributed by atoms with Crippen LogP contribution >= 0.6 is 0 Å². The standard InChI is InChI=1S/C22H15N3/c1-2-5-9-18(10-6-3-1)13-14-20-15-24-22-16-23-21(17-25(20)22)19-11-7-4-8-12-19/h1-12,15-17H/b2-1-,3-1?,5-2?,6-3-,9-5-,10-6?,18-9?,18-10+. The summed E-state index contributed by atoms with van der Waals surface area (Å²) in [5.74, 6) is 6.41. The molecule has 3 heteroatoms. The highest BCUT2D eigenvalue weighted by Gasteiger charge is 2.04. The summed E-state index contributed by atoms with van der Waals surface area (Å²) in [4.78, 5) is 8.88. The molecule has 4 rings (SSSR count). The molecule has 0 spiro atoms. The van der Waals surface area contributed by atoms with Crippen LogP contribution in [-0.4, -0.2) is 14.4 Å². The van der Waals surface area contributed by atoms with Gasteiger partial charge in [-0.2, -0.15) is 0 Å². The summed E-state index contributed by atoms with van der Waals surface area (Å²) >= 11 is 0. The van der Waals surface area contributed by atoms with Crippen molar-refractivity contribution in [2.75, 3.05) is 0 Å². The zero-order valence-electron chi connectivity index (χ0n) is 13.5. The van der Waals surface area contributed by atoms with Gasteiger partial charge in [-0.3, -0.25) is 9.38 Å². The molecule has 1 aromatic carbocycles. The van der Waals surface area contributed by atoms with E-state index >= 15 is 0 Å². The molecule has 1 aliphatic rings. The number of hydrogen-bond acceptors (Lipinski definition) is 2. The molecule has 25 heavy (non-hydrogen) atoms. The van der Waals surface area contributed by atoms with Crippen LogP contribution in [0.15, 0.2) is 97.0 Å². The smallest absolute Gasteiger partial charge is 0.156 e. The minimum absolute atomic E-state index is 0.786. The van der Waals surface area contributed by atoms with E-state index in [1.54, 1.807) is 12.4 Å². The number of rotatable bonds is 1. The molecule has 0 saturated heterocycles. The predicted octanol–water partition coefficient (Wildman–Crippen LogP) is 4.36. The molecule has 0 unspecified atom stereocenters. The second-order valence-corrected chi connectivity index (χ2v) is 5.51. The highest BCUT2D eigenvalue weighted by Crippen LogP contribution is 2.17. The lowest BCUT2D eigenvalue weighted by Gasteiger charge is -2.02. The van der Waals surface area contributed by atoms with Gasteiger partial charge in [-0.15, -0.1) is 0 Å². The zero-order valence-corrected chi connectivity index (χ0v) is 13.5. The minimum Gasteiger partial charge on any atom is -0.289 e. The molecule has 3 nitrogen and oxygen atoms in total. The van der Waals surface area contributed by atoms with E-state index in [9.17, 15) is 0 Å². The van der Waals surface area contributed by atoms with Crippen LogP contribution in [0.1, 0.15) is 5.69 Å². The molecule has 118 valence electrons. The van der Waals surface area contributed by atoms with Crippen molar-refractivity contribution in [3.05, 3.63) is 103 Å². The van der Waals surface area contributed by atoms with E-state index in [1.165, 1.54) is 0 Å². The van der Waals surface area contributed by atoms with E-state index in [2.05, 4.69) is 21.8 Å². The highest BCUT2D eigenvalue weighted by atomic mass is 15.0. The van der Waals surface area contributed by atoms with E-state index in [0.717, 1.165) is 28.2 Å². The Kier molecular flexibility index (Phi) is 4.09. The maximum Gasteiger partial charge on any atom is 0.156 e. The summed E-state index contributed by atoms with van der Waals surface area (Å²) in [5.41, 5.74) is 4.54. The first-order valence-electron chi connectivity index (χ1n) is 8.02. The quantitative estimate of drug-likeness (QED) is 0.624. The van der Waals surface area contributed by atoms with Gasteiger partial charge in [-0.25, -0.2) is 4.98 Å². The first-order valence-corrected chi connectivity index (χ1v) is 8.02. The summed E-state index contributed by atoms with van der Waals surface area (Å²) in [6.07, 6.45) is 19.4. The van der Waals surface area contributed by atoms with E-state index < -0.39 is 0 Å². The maximum absolute atomic E-state index is 4.49. The third-order valence-corrected chi connectivity index (χ3v) is 3.80. The summed E-state index contributed by atoms with van der Waals surface area (Å²) in [6.45, 7) is 0. The first kappa shape index (κ1) is 14.9. The van der Waals surface area contributed by atoms with E-state index in [4.69, 9.17) is 0 Å². The van der Waals surface area contributed by atoms with Crippen LogP contribution < -0.4 is 0 Å². The molecule has 2 heterocycles. The molecule has 0 saturated carbocycles. The van der Waals surface area contributed by atoms with Gasteiger partial charge in [-0.05, 0) is 18.1 Å². The van der Waals surface area contributed by atoms with E-state index in [-0.39, 0.29) is 0 Å². The third kappa shape index (κ3) is 3.34. The first-order chi connectivity index (χ1) is 12.4. The zero-order chi connectivity index (χ0) is 16.9. The molecule has 3 aromatic rings. The van der Waals surface area contributed by atoms with Gasteiger partial charge in [0.15, 0.2) is 5.65 Å². The van der Waals surface area contributed by atoms with Crippen LogP contribution in [0.5, 0.6) is 0 Å². The third-order valence-electron chi connectivity index (χ3n) is 3.80. The lowest BCUT2D eigenvalue weighted by atomic mass is 10.2. The van der Waals surface area contributed by atoms with Crippen LogP contribution in [0.2, 0.25) is 0 Å². The average molecular weight is 321 g/mol. The average Bonchev–Trinajstić information content (AvgIpc) is 3.04. The Labute approximate surface area is 146 Å². The number of benzene rings is 1. The van der Waals surface area contributed by atoms with Crippen molar-refractivity contribution >= 4 is 5.65 Å². The second kappa shape index (κ2) is 6.86. The number of aromatic nitrogens is 3. The molecule has 0 radical (unpaired) electrons. The van der Waals surface area contributed by atoms with Crippen LogP contribution in [0.3, 0.4) is 0 Å². The summed E-state index contributed by atoms with van der Waals surface area (Å²) in [5, 5.41) is 0. The van der Waals surface area contributed by atoms with Crippen molar-refractivity contribution in [1.29, 1.82) is 0 Å². The molecule has 0 N–H and O–H groups in total. The van der Waals surface area contributed by atoms with Gasteiger partial charge >= 0.3 is 0 Å². The largest absolute Gasteiger partial charge is 0.289 e. The molecule has 0 fully saturated rings. The van der Waals surface area contributed by atoms with Gasteiger partial charge in [0.1, 0.15) is 5.69 Å². The fraction of sp³-hybridized carbons (Fsp3) is 0. The number of nitrogens with zero attached hydrogens (tertiary/aromatic N) is 3.